The lowest BCUT2D eigenvalue weighted by atomic mass is 10.2. The lowest BCUT2D eigenvalue weighted by molar-refractivity contribution is -0.121. The van der Waals surface area contributed by atoms with Gasteiger partial charge in [-0.15, -0.1) is 0 Å². The number of guanidine groups is 1. The fourth-order valence-electron chi connectivity index (χ4n) is 3.37. The van der Waals surface area contributed by atoms with Gasteiger partial charge in [-0.2, -0.15) is 11.8 Å². The van der Waals surface area contributed by atoms with Gasteiger partial charge in [0.25, 0.3) is 5.91 Å². The molecule has 1 aromatic rings. The second kappa shape index (κ2) is 8.20. The molecule has 0 aliphatic carbocycles. The monoisotopic (exact) mass is 376 g/mol. The summed E-state index contributed by atoms with van der Waals surface area (Å²) in [4.78, 5) is 20.8. The number of hydrogen-bond acceptors (Lipinski definition) is 4. The number of amides is 1. The normalized spacial score (nSPS) is 19.8. The minimum absolute atomic E-state index is 0.0166. The largest absolute Gasteiger partial charge is 0.482 e. The molecule has 26 heavy (non-hydrogen) atoms. The average Bonchev–Trinajstić information content (AvgIpc) is 2.62. The number of thioether (sulfide) groups is 1. The number of nitrogens with one attached hydrogen (secondary N) is 1. The third-order valence-electron chi connectivity index (χ3n) is 4.59. The quantitative estimate of drug-likeness (QED) is 0.496. The molecule has 6 nitrogen and oxygen atoms in total. The van der Waals surface area contributed by atoms with Gasteiger partial charge >= 0.3 is 0 Å². The SMILES string of the molecule is CN=C(NCCCN1C(=O)COc2ccccc21)N1CCSC(C)(C)C1. The highest BCUT2D eigenvalue weighted by atomic mass is 32.2. The van der Waals surface area contributed by atoms with Crippen LogP contribution in [-0.4, -0.2) is 67.1 Å². The number of nitrogens with zero attached hydrogens (tertiary/aromatic N) is 3. The lowest BCUT2D eigenvalue weighted by Crippen LogP contribution is -2.51. The molecule has 7 heteroatoms. The highest BCUT2D eigenvalue weighted by Crippen LogP contribution is 2.31. The van der Waals surface area contributed by atoms with Gasteiger partial charge < -0.3 is 19.9 Å². The van der Waals surface area contributed by atoms with Gasteiger partial charge in [0.1, 0.15) is 5.75 Å². The first kappa shape index (κ1) is 18.9. The van der Waals surface area contributed by atoms with Crippen LogP contribution in [0.1, 0.15) is 20.3 Å². The Labute approximate surface area is 160 Å². The van der Waals surface area contributed by atoms with Gasteiger partial charge in [-0.05, 0) is 32.4 Å². The van der Waals surface area contributed by atoms with Crippen molar-refractivity contribution in [3.63, 3.8) is 0 Å². The summed E-state index contributed by atoms with van der Waals surface area (Å²) in [5.74, 6) is 2.87. The third-order valence-corrected chi connectivity index (χ3v) is 5.88. The third kappa shape index (κ3) is 4.44. The molecular weight excluding hydrogens is 348 g/mol. The van der Waals surface area contributed by atoms with Crippen molar-refractivity contribution in [2.45, 2.75) is 25.0 Å². The summed E-state index contributed by atoms with van der Waals surface area (Å²) in [7, 11) is 1.83. The maximum absolute atomic E-state index is 12.2. The Morgan fingerprint density at radius 2 is 2.19 bits per heavy atom. The number of anilines is 1. The molecule has 142 valence electrons. The molecule has 0 unspecified atom stereocenters. The van der Waals surface area contributed by atoms with Crippen molar-refractivity contribution >= 4 is 29.3 Å². The van der Waals surface area contributed by atoms with Crippen LogP contribution in [0, 0.1) is 0 Å². The molecule has 0 bridgehead atoms. The Kier molecular flexibility index (Phi) is 5.96. The van der Waals surface area contributed by atoms with E-state index in [0.717, 1.165) is 49.2 Å². The molecule has 1 N–H and O–H groups in total. The second-order valence-electron chi connectivity index (χ2n) is 7.16. The molecule has 0 aromatic heterocycles. The van der Waals surface area contributed by atoms with Gasteiger partial charge in [-0.1, -0.05) is 12.1 Å². The Bertz CT molecular complexity index is 677. The van der Waals surface area contributed by atoms with Gasteiger partial charge in [-0.3, -0.25) is 9.79 Å². The van der Waals surface area contributed by atoms with Crippen LogP contribution in [0.5, 0.6) is 5.75 Å². The van der Waals surface area contributed by atoms with E-state index in [9.17, 15) is 4.79 Å². The Balaban J connectivity index is 1.51. The standard InChI is InChI=1S/C19H28N4O2S/c1-19(2)14-22(11-12-26-19)18(20-3)21-9-6-10-23-15-7-4-5-8-16(15)25-13-17(23)24/h4-5,7-8H,6,9-14H2,1-3H3,(H,20,21). The van der Waals surface area contributed by atoms with E-state index in [-0.39, 0.29) is 17.3 Å². The Morgan fingerprint density at radius 3 is 2.96 bits per heavy atom. The Hall–Kier alpha value is -1.89. The lowest BCUT2D eigenvalue weighted by Gasteiger charge is -2.39. The van der Waals surface area contributed by atoms with E-state index in [1.165, 1.54) is 0 Å². The summed E-state index contributed by atoms with van der Waals surface area (Å²) in [5, 5.41) is 3.45. The van der Waals surface area contributed by atoms with Crippen molar-refractivity contribution in [1.82, 2.24) is 10.2 Å². The van der Waals surface area contributed by atoms with Crippen molar-refractivity contribution in [1.29, 1.82) is 0 Å². The first-order valence-corrected chi connectivity index (χ1v) is 10.1. The van der Waals surface area contributed by atoms with E-state index >= 15 is 0 Å². The Morgan fingerprint density at radius 1 is 1.38 bits per heavy atom. The maximum Gasteiger partial charge on any atom is 0.265 e. The van der Waals surface area contributed by atoms with Gasteiger partial charge in [0, 0.05) is 43.7 Å². The number of rotatable bonds is 4. The van der Waals surface area contributed by atoms with Crippen molar-refractivity contribution in [3.8, 4) is 5.75 Å². The van der Waals surface area contributed by atoms with Crippen molar-refractivity contribution < 1.29 is 9.53 Å². The van der Waals surface area contributed by atoms with E-state index in [1.54, 1.807) is 0 Å². The summed E-state index contributed by atoms with van der Waals surface area (Å²) in [5.41, 5.74) is 0.864. The van der Waals surface area contributed by atoms with Crippen LogP contribution in [0.2, 0.25) is 0 Å². The minimum atomic E-state index is 0.0166. The fourth-order valence-corrected chi connectivity index (χ4v) is 4.48. The number of ether oxygens (including phenoxy) is 1. The van der Waals surface area contributed by atoms with Gasteiger partial charge in [0.2, 0.25) is 0 Å². The smallest absolute Gasteiger partial charge is 0.265 e. The summed E-state index contributed by atoms with van der Waals surface area (Å²) in [6.45, 7) is 8.13. The predicted molar refractivity (Wildman–Crippen MR) is 108 cm³/mol. The van der Waals surface area contributed by atoms with E-state index in [4.69, 9.17) is 4.74 Å². The zero-order valence-corrected chi connectivity index (χ0v) is 16.6. The molecule has 2 aliphatic rings. The van der Waals surface area contributed by atoms with Crippen molar-refractivity contribution in [3.05, 3.63) is 24.3 Å². The molecule has 1 aromatic carbocycles. The fraction of sp³-hybridized carbons (Fsp3) is 0.579. The molecule has 1 saturated heterocycles. The first-order valence-electron chi connectivity index (χ1n) is 9.12. The summed E-state index contributed by atoms with van der Waals surface area (Å²) in [6, 6.07) is 7.71. The van der Waals surface area contributed by atoms with E-state index in [2.05, 4.69) is 29.1 Å². The second-order valence-corrected chi connectivity index (χ2v) is 8.96. The van der Waals surface area contributed by atoms with Crippen molar-refractivity contribution in [2.24, 2.45) is 4.99 Å². The molecule has 0 saturated carbocycles. The van der Waals surface area contributed by atoms with Gasteiger partial charge in [0.05, 0.1) is 5.69 Å². The van der Waals surface area contributed by atoms with Crippen molar-refractivity contribution in [2.75, 3.05) is 50.5 Å². The van der Waals surface area contributed by atoms with E-state index in [0.29, 0.717) is 6.54 Å². The highest BCUT2D eigenvalue weighted by Gasteiger charge is 2.29. The molecule has 2 aliphatic heterocycles. The zero-order valence-electron chi connectivity index (χ0n) is 15.8. The van der Waals surface area contributed by atoms with E-state index < -0.39 is 0 Å². The zero-order chi connectivity index (χ0) is 18.6. The van der Waals surface area contributed by atoms with Crippen LogP contribution < -0.4 is 15.0 Å². The van der Waals surface area contributed by atoms with Crippen LogP contribution in [0.25, 0.3) is 0 Å². The minimum Gasteiger partial charge on any atom is -0.482 e. The first-order chi connectivity index (χ1) is 12.5. The number of fused-ring (bicyclic) bond motifs is 1. The van der Waals surface area contributed by atoms with Crippen LogP contribution >= 0.6 is 11.8 Å². The molecule has 0 radical (unpaired) electrons. The number of hydrogen-bond donors (Lipinski definition) is 1. The van der Waals surface area contributed by atoms with Crippen LogP contribution in [0.4, 0.5) is 5.69 Å². The molecular formula is C19H28N4O2S. The molecule has 0 atom stereocenters. The van der Waals surface area contributed by atoms with Crippen LogP contribution in [0.3, 0.4) is 0 Å². The van der Waals surface area contributed by atoms with Crippen LogP contribution in [-0.2, 0) is 4.79 Å². The highest BCUT2D eigenvalue weighted by molar-refractivity contribution is 8.00. The summed E-state index contributed by atoms with van der Waals surface area (Å²) < 4.78 is 5.74. The van der Waals surface area contributed by atoms with Gasteiger partial charge in [-0.25, -0.2) is 0 Å². The predicted octanol–water partition coefficient (Wildman–Crippen LogP) is 2.20. The maximum atomic E-state index is 12.2. The summed E-state index contributed by atoms with van der Waals surface area (Å²) in [6.07, 6.45) is 0.852. The molecule has 3 rings (SSSR count). The van der Waals surface area contributed by atoms with E-state index in [1.807, 2.05) is 48.0 Å². The molecule has 1 amide bonds. The number of carbonyl (C=O) groups excluding carboxylic acids is 1. The average molecular weight is 377 g/mol. The molecule has 2 heterocycles. The van der Waals surface area contributed by atoms with Crippen LogP contribution in [0.15, 0.2) is 29.3 Å². The molecule has 0 spiro atoms. The summed E-state index contributed by atoms with van der Waals surface area (Å²) >= 11 is 2.01. The topological polar surface area (TPSA) is 57.2 Å². The number of aliphatic imine (C=N–C) groups is 1. The number of para-hydroxylation sites is 2. The molecule has 1 fully saturated rings. The number of carbonyl (C=O) groups is 1. The van der Waals surface area contributed by atoms with Gasteiger partial charge in [0.15, 0.2) is 12.6 Å². The number of benzene rings is 1.